The van der Waals surface area contributed by atoms with Crippen molar-refractivity contribution in [2.24, 2.45) is 5.41 Å². The van der Waals surface area contributed by atoms with Crippen LogP contribution in [0.25, 0.3) is 0 Å². The van der Waals surface area contributed by atoms with Gasteiger partial charge in [0.15, 0.2) is 0 Å². The molecule has 104 valence electrons. The van der Waals surface area contributed by atoms with Gasteiger partial charge in [0.25, 0.3) is 5.91 Å². The van der Waals surface area contributed by atoms with E-state index in [1.807, 2.05) is 0 Å². The SMILES string of the molecule is CNc1ncccc1C(=O)NCC1(C)CCOCC1. The average molecular weight is 263 g/mol. The van der Waals surface area contributed by atoms with Gasteiger partial charge in [-0.2, -0.15) is 0 Å². The summed E-state index contributed by atoms with van der Waals surface area (Å²) in [6, 6.07) is 3.55. The summed E-state index contributed by atoms with van der Waals surface area (Å²) >= 11 is 0. The summed E-state index contributed by atoms with van der Waals surface area (Å²) in [5, 5.41) is 5.94. The smallest absolute Gasteiger partial charge is 0.255 e. The van der Waals surface area contributed by atoms with E-state index in [2.05, 4.69) is 22.5 Å². The molecular weight excluding hydrogens is 242 g/mol. The standard InChI is InChI=1S/C14H21N3O2/c1-14(5-8-19-9-6-14)10-17-13(18)11-4-3-7-16-12(11)15-2/h3-4,7H,5-6,8-10H2,1-2H3,(H,15,16)(H,17,18). The number of amides is 1. The third kappa shape index (κ3) is 3.44. The van der Waals surface area contributed by atoms with E-state index in [0.29, 0.717) is 17.9 Å². The number of carbonyl (C=O) groups excluding carboxylic acids is 1. The Hall–Kier alpha value is -1.62. The fraction of sp³-hybridized carbons (Fsp3) is 0.571. The lowest BCUT2D eigenvalue weighted by molar-refractivity contribution is 0.0238. The number of hydrogen-bond donors (Lipinski definition) is 2. The molecule has 5 nitrogen and oxygen atoms in total. The first-order chi connectivity index (χ1) is 9.14. The Morgan fingerprint density at radius 3 is 2.89 bits per heavy atom. The lowest BCUT2D eigenvalue weighted by atomic mass is 9.82. The van der Waals surface area contributed by atoms with Crippen molar-refractivity contribution in [2.45, 2.75) is 19.8 Å². The van der Waals surface area contributed by atoms with Crippen molar-refractivity contribution >= 4 is 11.7 Å². The predicted octanol–water partition coefficient (Wildman–Crippen LogP) is 1.67. The van der Waals surface area contributed by atoms with Crippen molar-refractivity contribution < 1.29 is 9.53 Å². The van der Waals surface area contributed by atoms with Gasteiger partial charge in [-0.3, -0.25) is 4.79 Å². The summed E-state index contributed by atoms with van der Waals surface area (Å²) in [5.74, 6) is 0.530. The summed E-state index contributed by atoms with van der Waals surface area (Å²) in [5.41, 5.74) is 0.719. The van der Waals surface area contributed by atoms with E-state index < -0.39 is 0 Å². The average Bonchev–Trinajstić information content (AvgIpc) is 2.45. The first-order valence-corrected chi connectivity index (χ1v) is 6.63. The molecule has 19 heavy (non-hydrogen) atoms. The quantitative estimate of drug-likeness (QED) is 0.867. The van der Waals surface area contributed by atoms with Crippen LogP contribution in [0.2, 0.25) is 0 Å². The highest BCUT2D eigenvalue weighted by Gasteiger charge is 2.28. The van der Waals surface area contributed by atoms with Crippen LogP contribution >= 0.6 is 0 Å². The third-order valence-corrected chi connectivity index (χ3v) is 3.66. The zero-order chi connectivity index (χ0) is 13.7. The maximum atomic E-state index is 12.2. The second-order valence-corrected chi connectivity index (χ2v) is 5.26. The predicted molar refractivity (Wildman–Crippen MR) is 74.3 cm³/mol. The van der Waals surface area contributed by atoms with Gasteiger partial charge in [-0.05, 0) is 30.4 Å². The molecule has 1 aliphatic rings. The second kappa shape index (κ2) is 6.02. The van der Waals surface area contributed by atoms with Crippen LogP contribution in [0.15, 0.2) is 18.3 Å². The molecule has 0 saturated carbocycles. The van der Waals surface area contributed by atoms with Crippen LogP contribution < -0.4 is 10.6 Å². The lowest BCUT2D eigenvalue weighted by Gasteiger charge is -2.33. The van der Waals surface area contributed by atoms with Gasteiger partial charge < -0.3 is 15.4 Å². The molecule has 0 unspecified atom stereocenters. The molecule has 1 amide bonds. The summed E-state index contributed by atoms with van der Waals surface area (Å²) in [6.45, 7) is 4.42. The van der Waals surface area contributed by atoms with E-state index in [9.17, 15) is 4.79 Å². The summed E-state index contributed by atoms with van der Waals surface area (Å²) in [4.78, 5) is 16.3. The third-order valence-electron chi connectivity index (χ3n) is 3.66. The molecule has 1 aromatic rings. The van der Waals surface area contributed by atoms with Crippen molar-refractivity contribution in [3.8, 4) is 0 Å². The van der Waals surface area contributed by atoms with Crippen LogP contribution in [-0.4, -0.2) is 37.7 Å². The molecule has 2 rings (SSSR count). The molecule has 5 heteroatoms. The molecule has 0 radical (unpaired) electrons. The van der Waals surface area contributed by atoms with Gasteiger partial charge in [0, 0.05) is 33.0 Å². The minimum Gasteiger partial charge on any atom is -0.381 e. The van der Waals surface area contributed by atoms with Crippen LogP contribution in [0, 0.1) is 5.41 Å². The molecule has 0 aliphatic carbocycles. The van der Waals surface area contributed by atoms with Gasteiger partial charge in [0.1, 0.15) is 5.82 Å². The number of pyridine rings is 1. The van der Waals surface area contributed by atoms with E-state index in [4.69, 9.17) is 4.74 Å². The van der Waals surface area contributed by atoms with Crippen LogP contribution in [0.3, 0.4) is 0 Å². The Kier molecular flexibility index (Phi) is 4.37. The minimum atomic E-state index is -0.0785. The number of ether oxygens (including phenoxy) is 1. The van der Waals surface area contributed by atoms with E-state index >= 15 is 0 Å². The van der Waals surface area contributed by atoms with Gasteiger partial charge in [-0.1, -0.05) is 6.92 Å². The molecule has 0 bridgehead atoms. The fourth-order valence-corrected chi connectivity index (χ4v) is 2.22. The maximum Gasteiger partial charge on any atom is 0.255 e. The summed E-state index contributed by atoms with van der Waals surface area (Å²) < 4.78 is 5.36. The van der Waals surface area contributed by atoms with E-state index in [1.54, 1.807) is 25.4 Å². The molecule has 1 aromatic heterocycles. The van der Waals surface area contributed by atoms with Gasteiger partial charge >= 0.3 is 0 Å². The number of anilines is 1. The van der Waals surface area contributed by atoms with E-state index in [0.717, 1.165) is 26.1 Å². The molecule has 1 saturated heterocycles. The highest BCUT2D eigenvalue weighted by molar-refractivity contribution is 5.98. The van der Waals surface area contributed by atoms with E-state index in [-0.39, 0.29) is 11.3 Å². The van der Waals surface area contributed by atoms with Crippen molar-refractivity contribution in [1.82, 2.24) is 10.3 Å². The van der Waals surface area contributed by atoms with Gasteiger partial charge in [-0.15, -0.1) is 0 Å². The number of aromatic nitrogens is 1. The lowest BCUT2D eigenvalue weighted by Crippen LogP contribution is -2.39. The summed E-state index contributed by atoms with van der Waals surface area (Å²) in [7, 11) is 1.76. The Morgan fingerprint density at radius 2 is 2.21 bits per heavy atom. The molecule has 2 heterocycles. The number of nitrogens with one attached hydrogen (secondary N) is 2. The van der Waals surface area contributed by atoms with Gasteiger partial charge in [0.2, 0.25) is 0 Å². The Bertz CT molecular complexity index is 442. The van der Waals surface area contributed by atoms with Crippen molar-refractivity contribution in [3.05, 3.63) is 23.9 Å². The Morgan fingerprint density at radius 1 is 1.47 bits per heavy atom. The zero-order valence-corrected chi connectivity index (χ0v) is 11.5. The second-order valence-electron chi connectivity index (χ2n) is 5.26. The molecule has 0 aromatic carbocycles. The topological polar surface area (TPSA) is 63.2 Å². The highest BCUT2D eigenvalue weighted by atomic mass is 16.5. The molecule has 0 atom stereocenters. The molecule has 2 N–H and O–H groups in total. The van der Waals surface area contributed by atoms with Crippen molar-refractivity contribution in [3.63, 3.8) is 0 Å². The first-order valence-electron chi connectivity index (χ1n) is 6.63. The van der Waals surface area contributed by atoms with Gasteiger partial charge in [0.05, 0.1) is 5.56 Å². The Labute approximate surface area is 113 Å². The number of nitrogens with zero attached hydrogens (tertiary/aromatic N) is 1. The van der Waals surface area contributed by atoms with Crippen molar-refractivity contribution in [2.75, 3.05) is 32.1 Å². The largest absolute Gasteiger partial charge is 0.381 e. The molecule has 1 aliphatic heterocycles. The van der Waals surface area contributed by atoms with Crippen LogP contribution in [0.1, 0.15) is 30.1 Å². The van der Waals surface area contributed by atoms with Gasteiger partial charge in [-0.25, -0.2) is 4.98 Å². The normalized spacial score (nSPS) is 17.8. The Balaban J connectivity index is 1.97. The van der Waals surface area contributed by atoms with Crippen LogP contribution in [0.4, 0.5) is 5.82 Å². The maximum absolute atomic E-state index is 12.2. The number of rotatable bonds is 4. The van der Waals surface area contributed by atoms with E-state index in [1.165, 1.54) is 0 Å². The van der Waals surface area contributed by atoms with Crippen LogP contribution in [0.5, 0.6) is 0 Å². The number of hydrogen-bond acceptors (Lipinski definition) is 4. The minimum absolute atomic E-state index is 0.0785. The molecule has 1 fully saturated rings. The molecular formula is C14H21N3O2. The monoisotopic (exact) mass is 263 g/mol. The zero-order valence-electron chi connectivity index (χ0n) is 11.5. The summed E-state index contributed by atoms with van der Waals surface area (Å²) in [6.07, 6.45) is 3.64. The molecule has 0 spiro atoms. The van der Waals surface area contributed by atoms with Crippen molar-refractivity contribution in [1.29, 1.82) is 0 Å². The highest BCUT2D eigenvalue weighted by Crippen LogP contribution is 2.28. The number of carbonyl (C=O) groups is 1. The van der Waals surface area contributed by atoms with Crippen LogP contribution in [-0.2, 0) is 4.74 Å². The fourth-order valence-electron chi connectivity index (χ4n) is 2.22. The first kappa shape index (κ1) is 13.8.